The minimum Gasteiger partial charge on any atom is -0.412 e. The molecule has 1 amide bonds. The average Bonchev–Trinajstić information content (AvgIpc) is 1.67. The van der Waals surface area contributed by atoms with Crippen LogP contribution in [0.3, 0.4) is 0 Å². The lowest BCUT2D eigenvalue weighted by atomic mass is 9.98. The van der Waals surface area contributed by atoms with Crippen LogP contribution in [0.4, 0.5) is 11.6 Å². The van der Waals surface area contributed by atoms with E-state index in [-0.39, 0.29) is 59.8 Å². The molecule has 4 aromatic heterocycles. The van der Waals surface area contributed by atoms with E-state index in [2.05, 4.69) is 217 Å². The summed E-state index contributed by atoms with van der Waals surface area (Å²) in [4.78, 5) is 49.9. The number of fused-ring (bicyclic) bond motifs is 2. The number of imidazole rings is 2. The number of anilines is 2. The molecule has 14 aromatic rings. The zero-order chi connectivity index (χ0) is 81.9. The molecular weight excluding hydrogens is 1650 g/mol. The molecule has 17 N–H and O–H groups in total. The number of aromatic nitrogens is 8. The van der Waals surface area contributed by atoms with Crippen LogP contribution in [0.5, 0.6) is 0 Å². The lowest BCUT2D eigenvalue weighted by Crippen LogP contribution is -2.22. The maximum absolute atomic E-state index is 10.9. The predicted molar refractivity (Wildman–Crippen MR) is 502 cm³/mol. The molecule has 21 nitrogen and oxygen atoms in total. The number of halogens is 3. The molecule has 2 fully saturated rings. The second-order valence-electron chi connectivity index (χ2n) is 27.0. The fourth-order valence-electron chi connectivity index (χ4n) is 11.1. The van der Waals surface area contributed by atoms with Crippen LogP contribution in [0.1, 0.15) is 118 Å². The van der Waals surface area contributed by atoms with Crippen LogP contribution < -0.4 is 34.0 Å². The molecule has 2 aliphatic rings. The number of hydrogen-bond acceptors (Lipinski definition) is 16. The Bertz CT molecular complexity index is 5050. The molecule has 1 unspecified atom stereocenters. The summed E-state index contributed by atoms with van der Waals surface area (Å²) >= 11 is 14.4. The van der Waals surface area contributed by atoms with Gasteiger partial charge in [0.1, 0.15) is 19.6 Å². The van der Waals surface area contributed by atoms with Gasteiger partial charge in [-0.05, 0) is 154 Å². The van der Waals surface area contributed by atoms with E-state index >= 15 is 0 Å². The third-order valence-electron chi connectivity index (χ3n) is 17.5. The number of aromatic amines is 1. The molecule has 2 atom stereocenters. The molecule has 2 saturated heterocycles. The first-order valence-corrected chi connectivity index (χ1v) is 40.3. The van der Waals surface area contributed by atoms with Gasteiger partial charge in [0.15, 0.2) is 28.4 Å². The second-order valence-corrected chi connectivity index (χ2v) is 30.1. The summed E-state index contributed by atoms with van der Waals surface area (Å²) in [6, 6.07) is 91.5. The number of hydrogen-bond donors (Lipinski definition) is 8. The number of benzene rings is 10. The van der Waals surface area contributed by atoms with Gasteiger partial charge in [-0.25, -0.2) is 9.97 Å². The summed E-state index contributed by atoms with van der Waals surface area (Å²) in [7, 11) is 5.31. The topological polar surface area (TPSA) is 371 Å². The van der Waals surface area contributed by atoms with Crippen LogP contribution in [0.2, 0.25) is 10.6 Å². The van der Waals surface area contributed by atoms with E-state index < -0.39 is 5.91 Å². The monoisotopic (exact) mass is 1760 g/mol. The van der Waals surface area contributed by atoms with Gasteiger partial charge in [0.2, 0.25) is 16.5 Å². The van der Waals surface area contributed by atoms with Gasteiger partial charge in [0, 0.05) is 72.6 Å². The lowest BCUT2D eigenvalue weighted by Gasteiger charge is -2.10. The number of nitrogens with one attached hydrogen (secondary N) is 3. The molecule has 624 valence electrons. The number of alkyl halides is 1. The van der Waals surface area contributed by atoms with Crippen LogP contribution >= 0.6 is 45.8 Å². The molecular formula is C94H112BCl2IN14O7. The fraction of sp³-hybridized carbons (Fsp3) is 0.234. The van der Waals surface area contributed by atoms with Crippen molar-refractivity contribution < 1.29 is 35.1 Å². The Morgan fingerprint density at radius 3 is 1.28 bits per heavy atom. The number of rotatable bonds is 17. The SMILES string of the molecule is C.C1CCOC1.CC(C)I.CC(C)n1cnc2c(NCc3ccc(-c4ccccc4)cc3)nc(Cl)nc21.CC[C@@H](N)CO.Clc1nc(NCc2ccc(-c3ccccc3)cc2)c2[nH]cnc2n1.N.NC(=O)c1ccc(-c2ccccc2)cc1.NCc1ccc(-c2ccccc2)cc1.O.O.O=Cc1ccc(-c2ccccc2)cc1.[B]C1CCCO1. The summed E-state index contributed by atoms with van der Waals surface area (Å²) in [6.45, 7) is 15.3. The first kappa shape index (κ1) is 100. The zero-order valence-corrected chi connectivity index (χ0v) is 71.0. The van der Waals surface area contributed by atoms with Crippen LogP contribution in [0.25, 0.3) is 78.0 Å². The van der Waals surface area contributed by atoms with E-state index in [0.717, 1.165) is 93.8 Å². The molecule has 16 rings (SSSR count). The normalized spacial score (nSPS) is 12.1. The molecule has 6 heterocycles. The van der Waals surface area contributed by atoms with Crippen molar-refractivity contribution in [1.29, 1.82) is 0 Å². The van der Waals surface area contributed by atoms with Crippen LogP contribution in [0.15, 0.2) is 286 Å². The average molecular weight is 1760 g/mol. The molecule has 0 aliphatic carbocycles. The van der Waals surface area contributed by atoms with Gasteiger partial charge in [-0.3, -0.25) is 9.59 Å². The van der Waals surface area contributed by atoms with Crippen molar-refractivity contribution in [2.75, 3.05) is 37.1 Å². The van der Waals surface area contributed by atoms with Crippen molar-refractivity contribution in [3.05, 3.63) is 324 Å². The third kappa shape index (κ3) is 34.9. The van der Waals surface area contributed by atoms with Gasteiger partial charge < -0.3 is 69.1 Å². The Morgan fingerprint density at radius 2 is 0.950 bits per heavy atom. The quantitative estimate of drug-likeness (QED) is 0.0138. The summed E-state index contributed by atoms with van der Waals surface area (Å²) in [5.41, 5.74) is 35.2. The molecule has 10 aromatic carbocycles. The number of nitrogens with two attached hydrogens (primary N) is 3. The molecule has 0 saturated carbocycles. The number of ether oxygens (including phenoxy) is 2. The Balaban J connectivity index is 0.000000297. The van der Waals surface area contributed by atoms with Gasteiger partial charge in [-0.1, -0.05) is 312 Å². The molecule has 25 heteroatoms. The van der Waals surface area contributed by atoms with Gasteiger partial charge in [0.05, 0.1) is 19.3 Å². The third-order valence-corrected chi connectivity index (χ3v) is 17.9. The van der Waals surface area contributed by atoms with Crippen molar-refractivity contribution in [3.63, 3.8) is 0 Å². The van der Waals surface area contributed by atoms with E-state index in [1.54, 1.807) is 24.8 Å². The number of carbonyl (C=O) groups excluding carboxylic acids is 2. The highest BCUT2D eigenvalue weighted by molar-refractivity contribution is 14.1. The predicted octanol–water partition coefficient (Wildman–Crippen LogP) is 19.8. The Hall–Kier alpha value is -10.9. The maximum atomic E-state index is 10.9. The van der Waals surface area contributed by atoms with Gasteiger partial charge in [-0.15, -0.1) is 0 Å². The van der Waals surface area contributed by atoms with E-state index in [9.17, 15) is 9.59 Å². The number of amides is 1. The molecule has 119 heavy (non-hydrogen) atoms. The number of carbonyl (C=O) groups is 2. The maximum Gasteiger partial charge on any atom is 0.248 e. The molecule has 0 spiro atoms. The Morgan fingerprint density at radius 1 is 0.571 bits per heavy atom. The summed E-state index contributed by atoms with van der Waals surface area (Å²) in [5.74, 6) is 0.904. The lowest BCUT2D eigenvalue weighted by molar-refractivity contribution is 0.0999. The van der Waals surface area contributed by atoms with Crippen LogP contribution in [-0.4, -0.2) is 118 Å². The number of nitrogens with zero attached hydrogens (tertiary/aromatic N) is 7. The minimum absolute atomic E-state index is 0. The van der Waals surface area contributed by atoms with E-state index in [0.29, 0.717) is 48.0 Å². The highest BCUT2D eigenvalue weighted by atomic mass is 127. The fourth-order valence-corrected chi connectivity index (χ4v) is 11.5. The number of H-pyrrole nitrogens is 1. The molecule has 0 bridgehead atoms. The summed E-state index contributed by atoms with van der Waals surface area (Å²) in [6.07, 6.45) is 9.81. The Kier molecular flexibility index (Phi) is 47.0. The van der Waals surface area contributed by atoms with Gasteiger partial charge >= 0.3 is 0 Å². The van der Waals surface area contributed by atoms with Crippen LogP contribution in [0, 0.1) is 0 Å². The highest BCUT2D eigenvalue weighted by Gasteiger charge is 2.15. The number of aliphatic hydroxyl groups is 1. The van der Waals surface area contributed by atoms with Gasteiger partial charge in [0.25, 0.3) is 0 Å². The minimum atomic E-state index is -0.394. The van der Waals surface area contributed by atoms with E-state index in [4.69, 9.17) is 62.8 Å². The van der Waals surface area contributed by atoms with E-state index in [1.807, 2.05) is 151 Å². The molecule has 2 aliphatic heterocycles. The second kappa shape index (κ2) is 55.7. The smallest absolute Gasteiger partial charge is 0.248 e. The zero-order valence-electron chi connectivity index (χ0n) is 67.4. The number of aliphatic hydroxyl groups excluding tert-OH is 1. The van der Waals surface area contributed by atoms with Crippen molar-refractivity contribution in [1.82, 2.24) is 45.6 Å². The number of aldehydes is 1. The van der Waals surface area contributed by atoms with Crippen molar-refractivity contribution in [3.8, 4) is 55.6 Å². The van der Waals surface area contributed by atoms with Crippen molar-refractivity contribution >= 4 is 99.8 Å². The van der Waals surface area contributed by atoms with E-state index in [1.165, 1.54) is 57.3 Å². The van der Waals surface area contributed by atoms with Crippen molar-refractivity contribution in [2.45, 2.75) is 116 Å². The first-order chi connectivity index (χ1) is 55.9. The standard InChI is InChI=1S/C21H20ClN5.C18H14ClN5.C13H11NO.C13H13N.C13H10O.C4H7BO.C4H11NO.C4H8O.C3H7I.CH4.H3N.2H2O/c1-14(2)27-13-24-18-19(25-21(22)26-20(18)27)23-12-15-8-10-17(11-9-15)16-6-4-3-5-7-16;19-18-23-16(15-17(24-18)22-11-21-15)20-10-12-6-8-14(9-7-12)13-4-2-1-3-5-13;14-13(15)12-8-6-11(7-9-12)10-4-2-1-3-5-10;2*14-10-11-6-8-13(9-7-11)12-4-2-1-3-5-12;5-4-2-1-3-6-4;1-2-4(5)3-6;1-2-4-5-3-1;1-3(2)4;;;;/h3-11,13-14H,12H2,1-2H3,(H,23,25,26);1-9,11H,10H2,(H2,20,21,22,23,24);1-9H,(H2,14,15);1-9H,10,14H2;1-10H;4H,1-3H2;4,6H,2-3,5H2,1H3;1-4H2;3H,1-2H3;1H4;1H3;2*1H2/t;;;;;;4-;;;;;;/m......1....../s1. The van der Waals surface area contributed by atoms with Gasteiger partial charge in [-0.2, -0.15) is 19.9 Å². The Labute approximate surface area is 725 Å². The highest BCUT2D eigenvalue weighted by Crippen LogP contribution is 2.28. The first-order valence-electron chi connectivity index (χ1n) is 38.3. The number of primary amides is 1. The molecule has 2 radical (unpaired) electrons. The summed E-state index contributed by atoms with van der Waals surface area (Å²) in [5, 5.41) is 15.2. The summed E-state index contributed by atoms with van der Waals surface area (Å²) < 4.78 is 12.7. The largest absolute Gasteiger partial charge is 0.412 e. The van der Waals surface area contributed by atoms with Crippen LogP contribution in [-0.2, 0) is 29.1 Å². The van der Waals surface area contributed by atoms with Crippen molar-refractivity contribution in [2.24, 2.45) is 17.2 Å².